The molecule has 1 saturated heterocycles. The minimum atomic E-state index is -0.866. The van der Waals surface area contributed by atoms with Crippen molar-refractivity contribution < 1.29 is 23.4 Å². The second kappa shape index (κ2) is 7.16. The van der Waals surface area contributed by atoms with Gasteiger partial charge in [-0.1, -0.05) is 17.7 Å². The molecule has 0 aliphatic carbocycles. The van der Waals surface area contributed by atoms with Gasteiger partial charge in [0.15, 0.2) is 5.82 Å². The number of pyridine rings is 1. The molecular formula is C23H19ClF2N4O3. The maximum absolute atomic E-state index is 16.0. The van der Waals surface area contributed by atoms with Gasteiger partial charge in [-0.3, -0.25) is 4.79 Å². The van der Waals surface area contributed by atoms with Crippen LogP contribution in [0.15, 0.2) is 24.3 Å². The van der Waals surface area contributed by atoms with Gasteiger partial charge >= 0.3 is 0 Å². The number of phenolic OH excluding ortho intramolecular Hbond substituents is 1. The zero-order chi connectivity index (χ0) is 23.0. The minimum Gasteiger partial charge on any atom is -0.507 e. The average molecular weight is 473 g/mol. The minimum absolute atomic E-state index is 0.0629. The molecule has 0 unspecified atom stereocenters. The van der Waals surface area contributed by atoms with E-state index in [1.54, 1.807) is 4.90 Å². The summed E-state index contributed by atoms with van der Waals surface area (Å²) < 4.78 is 36.3. The smallest absolute Gasteiger partial charge is 0.251 e. The quantitative estimate of drug-likeness (QED) is 0.565. The summed E-state index contributed by atoms with van der Waals surface area (Å²) in [6, 6.07) is 4.88. The fraction of sp³-hybridized carbons (Fsp3) is 0.304. The van der Waals surface area contributed by atoms with Gasteiger partial charge in [0.2, 0.25) is 5.88 Å². The number of ether oxygens (including phenoxy) is 1. The summed E-state index contributed by atoms with van der Waals surface area (Å²) in [7, 11) is 0. The standard InChI is InChI=1S/C23H19ClF2N4O3/c1-10-9-30-14(8-27-10)23(32)29-5-6-33-22-21(29)20(30)11-7-12(24)16(18(26)19(11)28-22)17-13(25)3-2-4-15(17)31/h2-4,7,10,14,27,31H,5-6,8-9H2,1H3/t10-,14-/m1/s1. The molecule has 6 rings (SSSR count). The van der Waals surface area contributed by atoms with Crippen molar-refractivity contribution in [2.45, 2.75) is 19.0 Å². The van der Waals surface area contributed by atoms with Crippen molar-refractivity contribution in [2.75, 3.05) is 36.0 Å². The first-order chi connectivity index (χ1) is 15.9. The van der Waals surface area contributed by atoms with Crippen LogP contribution < -0.4 is 19.9 Å². The molecule has 0 spiro atoms. The van der Waals surface area contributed by atoms with Crippen molar-refractivity contribution in [3.05, 3.63) is 40.9 Å². The zero-order valence-corrected chi connectivity index (χ0v) is 18.3. The molecule has 0 saturated carbocycles. The third-order valence-corrected chi connectivity index (χ3v) is 6.80. The number of hydrogen-bond acceptors (Lipinski definition) is 6. The number of amides is 1. The number of anilines is 2. The number of carbonyl (C=O) groups excluding carboxylic acids is 1. The highest BCUT2D eigenvalue weighted by Crippen LogP contribution is 2.51. The van der Waals surface area contributed by atoms with Crippen molar-refractivity contribution >= 4 is 39.8 Å². The first-order valence-electron chi connectivity index (χ1n) is 10.6. The number of phenols is 1. The van der Waals surface area contributed by atoms with E-state index >= 15 is 4.39 Å². The predicted octanol–water partition coefficient (Wildman–Crippen LogP) is 3.44. The van der Waals surface area contributed by atoms with Gasteiger partial charge in [0.25, 0.3) is 5.91 Å². The maximum atomic E-state index is 16.0. The number of aromatic nitrogens is 1. The number of carbonyl (C=O) groups is 1. The molecule has 170 valence electrons. The fourth-order valence-electron chi connectivity index (χ4n) is 5.03. The van der Waals surface area contributed by atoms with Crippen molar-refractivity contribution in [1.82, 2.24) is 10.3 Å². The van der Waals surface area contributed by atoms with Gasteiger partial charge in [0.1, 0.15) is 35.4 Å². The lowest BCUT2D eigenvalue weighted by molar-refractivity contribution is -0.120. The van der Waals surface area contributed by atoms with E-state index in [1.807, 2.05) is 11.8 Å². The number of aromatic hydroxyl groups is 1. The first-order valence-corrected chi connectivity index (χ1v) is 11.0. The van der Waals surface area contributed by atoms with E-state index in [1.165, 1.54) is 18.2 Å². The molecule has 7 nitrogen and oxygen atoms in total. The highest BCUT2D eigenvalue weighted by Gasteiger charge is 2.45. The van der Waals surface area contributed by atoms with Gasteiger partial charge in [-0.2, -0.15) is 0 Å². The number of nitrogens with one attached hydrogen (secondary N) is 1. The van der Waals surface area contributed by atoms with Crippen molar-refractivity contribution in [3.8, 4) is 22.8 Å². The van der Waals surface area contributed by atoms with E-state index in [9.17, 15) is 14.3 Å². The molecule has 0 bridgehead atoms. The molecule has 1 aromatic heterocycles. The second-order valence-electron chi connectivity index (χ2n) is 8.51. The average Bonchev–Trinajstić information content (AvgIpc) is 2.78. The lowest BCUT2D eigenvalue weighted by Gasteiger charge is -2.48. The topological polar surface area (TPSA) is 77.9 Å². The molecule has 33 heavy (non-hydrogen) atoms. The van der Waals surface area contributed by atoms with Crippen LogP contribution >= 0.6 is 11.6 Å². The Labute approximate surface area is 192 Å². The van der Waals surface area contributed by atoms with Gasteiger partial charge in [-0.05, 0) is 25.1 Å². The number of fused-ring (bicyclic) bond motifs is 4. The predicted molar refractivity (Wildman–Crippen MR) is 120 cm³/mol. The Morgan fingerprint density at radius 2 is 2.09 bits per heavy atom. The third kappa shape index (κ3) is 2.82. The molecule has 1 fully saturated rings. The molecule has 3 aliphatic rings. The Morgan fingerprint density at radius 1 is 1.27 bits per heavy atom. The number of rotatable bonds is 1. The highest BCUT2D eigenvalue weighted by molar-refractivity contribution is 6.35. The Balaban J connectivity index is 1.69. The first kappa shape index (κ1) is 20.4. The van der Waals surface area contributed by atoms with E-state index < -0.39 is 23.4 Å². The number of hydrogen-bond donors (Lipinski definition) is 2. The summed E-state index contributed by atoms with van der Waals surface area (Å²) in [5, 5.41) is 13.9. The van der Waals surface area contributed by atoms with Crippen LogP contribution in [0.25, 0.3) is 22.0 Å². The molecule has 3 aliphatic heterocycles. The van der Waals surface area contributed by atoms with Crippen LogP contribution in [0.3, 0.4) is 0 Å². The Morgan fingerprint density at radius 3 is 2.88 bits per heavy atom. The molecule has 2 aromatic carbocycles. The third-order valence-electron chi connectivity index (χ3n) is 6.50. The lowest BCUT2D eigenvalue weighted by atomic mass is 9.96. The molecular weight excluding hydrogens is 454 g/mol. The molecule has 2 N–H and O–H groups in total. The monoisotopic (exact) mass is 472 g/mol. The summed E-state index contributed by atoms with van der Waals surface area (Å²) in [6.07, 6.45) is 0. The van der Waals surface area contributed by atoms with Crippen LogP contribution in [0.1, 0.15) is 6.92 Å². The van der Waals surface area contributed by atoms with Crippen LogP contribution in [0, 0.1) is 11.6 Å². The molecule has 4 heterocycles. The summed E-state index contributed by atoms with van der Waals surface area (Å²) in [4.78, 5) is 21.2. The van der Waals surface area contributed by atoms with Crippen molar-refractivity contribution in [1.29, 1.82) is 0 Å². The molecule has 3 aromatic rings. The van der Waals surface area contributed by atoms with Gasteiger partial charge < -0.3 is 25.0 Å². The van der Waals surface area contributed by atoms with Crippen molar-refractivity contribution in [2.24, 2.45) is 0 Å². The Hall–Kier alpha value is -3.17. The Kier molecular flexibility index (Phi) is 4.44. The summed E-state index contributed by atoms with van der Waals surface area (Å²) >= 11 is 6.50. The SMILES string of the molecule is C[C@@H]1CN2c3c4c(nc5c(F)c(-c6c(O)cccc6F)c(Cl)cc35)OCCN4C(=O)[C@H]2CN1. The van der Waals surface area contributed by atoms with Crippen LogP contribution in [-0.2, 0) is 4.79 Å². The van der Waals surface area contributed by atoms with Crippen LogP contribution in [0.2, 0.25) is 5.02 Å². The fourth-order valence-corrected chi connectivity index (χ4v) is 5.32. The van der Waals surface area contributed by atoms with E-state index in [0.717, 1.165) is 6.07 Å². The lowest BCUT2D eigenvalue weighted by Crippen LogP contribution is -2.65. The number of piperazine rings is 1. The van der Waals surface area contributed by atoms with Gasteiger partial charge in [0.05, 0.1) is 22.8 Å². The van der Waals surface area contributed by atoms with Gasteiger partial charge in [-0.15, -0.1) is 0 Å². The summed E-state index contributed by atoms with van der Waals surface area (Å²) in [6.45, 7) is 3.57. The van der Waals surface area contributed by atoms with E-state index in [4.69, 9.17) is 16.3 Å². The number of nitrogens with zero attached hydrogens (tertiary/aromatic N) is 3. The van der Waals surface area contributed by atoms with E-state index in [2.05, 4.69) is 10.3 Å². The summed E-state index contributed by atoms with van der Waals surface area (Å²) in [5.74, 6) is -2.02. The molecule has 0 radical (unpaired) electrons. The van der Waals surface area contributed by atoms with E-state index in [-0.39, 0.29) is 46.1 Å². The van der Waals surface area contributed by atoms with Crippen molar-refractivity contribution in [3.63, 3.8) is 0 Å². The number of halogens is 3. The molecule has 1 amide bonds. The van der Waals surface area contributed by atoms with Gasteiger partial charge in [-0.25, -0.2) is 13.8 Å². The van der Waals surface area contributed by atoms with Gasteiger partial charge in [0, 0.05) is 30.1 Å². The van der Waals surface area contributed by atoms with Crippen LogP contribution in [0.4, 0.5) is 20.2 Å². The Bertz CT molecular complexity index is 1330. The highest BCUT2D eigenvalue weighted by atomic mass is 35.5. The van der Waals surface area contributed by atoms with Crippen LogP contribution in [0.5, 0.6) is 11.6 Å². The second-order valence-corrected chi connectivity index (χ2v) is 8.91. The largest absolute Gasteiger partial charge is 0.507 e. The number of benzene rings is 2. The van der Waals surface area contributed by atoms with E-state index in [0.29, 0.717) is 36.4 Å². The molecule has 10 heteroatoms. The summed E-state index contributed by atoms with van der Waals surface area (Å²) in [5.41, 5.74) is 0.455. The molecule has 2 atom stereocenters. The van der Waals surface area contributed by atoms with Crippen LogP contribution in [-0.4, -0.2) is 54.3 Å². The normalized spacial score (nSPS) is 21.6. The zero-order valence-electron chi connectivity index (χ0n) is 17.5. The maximum Gasteiger partial charge on any atom is 0.251 e.